The third-order valence-corrected chi connectivity index (χ3v) is 2.74. The Balaban J connectivity index is 2.66. The van der Waals surface area contributed by atoms with Gasteiger partial charge in [0.15, 0.2) is 0 Å². The number of hydrogen-bond donors (Lipinski definition) is 1. The highest BCUT2D eigenvalue weighted by Crippen LogP contribution is 2.22. The Labute approximate surface area is 99.9 Å². The number of hydrogen-bond acceptors (Lipinski definition) is 2. The first-order valence-corrected chi connectivity index (χ1v) is 5.67. The molecular formula is C13H16N2O2. The average Bonchev–Trinajstić information content (AvgIpc) is 2.55. The lowest BCUT2D eigenvalue weighted by molar-refractivity contribution is -0.137. The van der Waals surface area contributed by atoms with Crippen molar-refractivity contribution < 1.29 is 9.90 Å². The molecule has 0 saturated heterocycles. The summed E-state index contributed by atoms with van der Waals surface area (Å²) in [5.41, 5.74) is 2.89. The predicted octanol–water partition coefficient (Wildman–Crippen LogP) is 2.55. The fraction of sp³-hybridized carbons (Fsp3) is 0.385. The molecule has 90 valence electrons. The van der Waals surface area contributed by atoms with Crippen molar-refractivity contribution >= 4 is 17.0 Å². The van der Waals surface area contributed by atoms with Crippen LogP contribution in [-0.2, 0) is 11.3 Å². The van der Waals surface area contributed by atoms with Gasteiger partial charge in [0.2, 0.25) is 0 Å². The quantitative estimate of drug-likeness (QED) is 0.884. The van der Waals surface area contributed by atoms with Crippen LogP contribution in [-0.4, -0.2) is 20.6 Å². The molecular weight excluding hydrogens is 216 g/mol. The molecule has 0 spiro atoms. The van der Waals surface area contributed by atoms with E-state index >= 15 is 0 Å². The van der Waals surface area contributed by atoms with Gasteiger partial charge in [0, 0.05) is 5.92 Å². The largest absolute Gasteiger partial charge is 0.480 e. The summed E-state index contributed by atoms with van der Waals surface area (Å²) in [6.45, 7) is 6.01. The maximum absolute atomic E-state index is 10.9. The third kappa shape index (κ3) is 2.16. The fourth-order valence-corrected chi connectivity index (χ4v) is 2.00. The number of imidazole rings is 1. The molecule has 0 bridgehead atoms. The van der Waals surface area contributed by atoms with Gasteiger partial charge < -0.3 is 9.67 Å². The molecule has 2 aromatic rings. The van der Waals surface area contributed by atoms with Crippen LogP contribution in [0, 0.1) is 6.92 Å². The van der Waals surface area contributed by atoms with E-state index in [0.717, 1.165) is 22.4 Å². The van der Waals surface area contributed by atoms with Gasteiger partial charge in [-0.2, -0.15) is 0 Å². The number of aryl methyl sites for hydroxylation is 1. The molecule has 0 aliphatic heterocycles. The lowest BCUT2D eigenvalue weighted by Crippen LogP contribution is -2.12. The number of fused-ring (bicyclic) bond motifs is 1. The highest BCUT2D eigenvalue weighted by Gasteiger charge is 2.15. The zero-order chi connectivity index (χ0) is 12.6. The summed E-state index contributed by atoms with van der Waals surface area (Å²) >= 11 is 0. The number of carbonyl (C=O) groups is 1. The number of aliphatic carboxylic acids is 1. The molecule has 17 heavy (non-hydrogen) atoms. The minimum absolute atomic E-state index is 0.0346. The van der Waals surface area contributed by atoms with Crippen LogP contribution in [0.5, 0.6) is 0 Å². The highest BCUT2D eigenvalue weighted by atomic mass is 16.4. The molecule has 0 aliphatic carbocycles. The zero-order valence-electron chi connectivity index (χ0n) is 10.3. The highest BCUT2D eigenvalue weighted by molar-refractivity contribution is 5.79. The molecule has 0 atom stereocenters. The van der Waals surface area contributed by atoms with E-state index in [1.165, 1.54) is 0 Å². The van der Waals surface area contributed by atoms with Crippen molar-refractivity contribution in [2.24, 2.45) is 0 Å². The summed E-state index contributed by atoms with van der Waals surface area (Å²) in [6.07, 6.45) is 0. The summed E-state index contributed by atoms with van der Waals surface area (Å²) in [5.74, 6) is 0.196. The minimum atomic E-state index is -0.841. The summed E-state index contributed by atoms with van der Waals surface area (Å²) < 4.78 is 1.78. The minimum Gasteiger partial charge on any atom is -0.480 e. The number of rotatable bonds is 3. The molecule has 1 aromatic carbocycles. The Morgan fingerprint density at radius 1 is 1.47 bits per heavy atom. The first-order valence-electron chi connectivity index (χ1n) is 5.67. The number of aromatic nitrogens is 2. The van der Waals surface area contributed by atoms with Crippen LogP contribution >= 0.6 is 0 Å². The zero-order valence-corrected chi connectivity index (χ0v) is 10.3. The molecule has 1 N–H and O–H groups in total. The van der Waals surface area contributed by atoms with Crippen molar-refractivity contribution in [1.29, 1.82) is 0 Å². The number of nitrogens with zero attached hydrogens (tertiary/aromatic N) is 2. The Morgan fingerprint density at radius 2 is 2.18 bits per heavy atom. The number of benzene rings is 1. The van der Waals surface area contributed by atoms with Gasteiger partial charge in [0.1, 0.15) is 12.4 Å². The van der Waals surface area contributed by atoms with E-state index in [0.29, 0.717) is 0 Å². The summed E-state index contributed by atoms with van der Waals surface area (Å²) in [5, 5.41) is 8.96. The molecule has 4 nitrogen and oxygen atoms in total. The van der Waals surface area contributed by atoms with Crippen LogP contribution in [0.3, 0.4) is 0 Å². The van der Waals surface area contributed by atoms with E-state index in [1.54, 1.807) is 4.57 Å². The van der Waals surface area contributed by atoms with Gasteiger partial charge in [0.25, 0.3) is 0 Å². The maximum Gasteiger partial charge on any atom is 0.323 e. The van der Waals surface area contributed by atoms with Gasteiger partial charge >= 0.3 is 5.97 Å². The van der Waals surface area contributed by atoms with Crippen LogP contribution < -0.4 is 0 Å². The fourth-order valence-electron chi connectivity index (χ4n) is 2.00. The molecule has 0 fully saturated rings. The van der Waals surface area contributed by atoms with Gasteiger partial charge in [0.05, 0.1) is 11.0 Å². The summed E-state index contributed by atoms with van der Waals surface area (Å²) in [4.78, 5) is 15.4. The number of carboxylic acids is 1. The standard InChI is InChI=1S/C13H16N2O2/c1-8(2)13-14-10-6-9(3)4-5-11(10)15(13)7-12(16)17/h4-6,8H,7H2,1-3H3,(H,16,17). The average molecular weight is 232 g/mol. The lowest BCUT2D eigenvalue weighted by atomic mass is 10.2. The normalized spacial score (nSPS) is 11.3. The van der Waals surface area contributed by atoms with Crippen molar-refractivity contribution in [2.45, 2.75) is 33.2 Å². The molecule has 0 saturated carbocycles. The third-order valence-electron chi connectivity index (χ3n) is 2.74. The van der Waals surface area contributed by atoms with Crippen LogP contribution in [0.2, 0.25) is 0 Å². The van der Waals surface area contributed by atoms with Gasteiger partial charge in [-0.1, -0.05) is 19.9 Å². The van der Waals surface area contributed by atoms with Crippen LogP contribution in [0.1, 0.15) is 31.2 Å². The van der Waals surface area contributed by atoms with Gasteiger partial charge in [-0.3, -0.25) is 4.79 Å². The van der Waals surface area contributed by atoms with Crippen molar-refractivity contribution in [3.63, 3.8) is 0 Å². The van der Waals surface area contributed by atoms with Crippen molar-refractivity contribution in [3.05, 3.63) is 29.6 Å². The second kappa shape index (κ2) is 4.20. The molecule has 1 heterocycles. The Morgan fingerprint density at radius 3 is 2.76 bits per heavy atom. The number of carboxylic acid groups (broad SMARTS) is 1. The molecule has 0 aliphatic rings. The smallest absolute Gasteiger partial charge is 0.323 e. The second-order valence-corrected chi connectivity index (χ2v) is 4.60. The summed E-state index contributed by atoms with van der Waals surface area (Å²) in [7, 11) is 0. The second-order valence-electron chi connectivity index (χ2n) is 4.60. The van der Waals surface area contributed by atoms with Gasteiger partial charge in [-0.15, -0.1) is 0 Å². The van der Waals surface area contributed by atoms with E-state index in [4.69, 9.17) is 5.11 Å². The molecule has 2 rings (SSSR count). The van der Waals surface area contributed by atoms with Crippen LogP contribution in [0.15, 0.2) is 18.2 Å². The molecule has 0 amide bonds. The molecule has 0 radical (unpaired) electrons. The first-order chi connectivity index (χ1) is 7.99. The van der Waals surface area contributed by atoms with Gasteiger partial charge in [-0.05, 0) is 24.6 Å². The van der Waals surface area contributed by atoms with Crippen LogP contribution in [0.4, 0.5) is 0 Å². The topological polar surface area (TPSA) is 55.1 Å². The molecule has 0 unspecified atom stereocenters. The molecule has 1 aromatic heterocycles. The van der Waals surface area contributed by atoms with E-state index in [2.05, 4.69) is 4.98 Å². The van der Waals surface area contributed by atoms with E-state index < -0.39 is 5.97 Å². The van der Waals surface area contributed by atoms with E-state index in [-0.39, 0.29) is 12.5 Å². The Kier molecular flexibility index (Phi) is 2.88. The van der Waals surface area contributed by atoms with Crippen LogP contribution in [0.25, 0.3) is 11.0 Å². The van der Waals surface area contributed by atoms with E-state index in [1.807, 2.05) is 39.0 Å². The van der Waals surface area contributed by atoms with E-state index in [9.17, 15) is 4.79 Å². The maximum atomic E-state index is 10.9. The van der Waals surface area contributed by atoms with Crippen molar-refractivity contribution in [2.75, 3.05) is 0 Å². The van der Waals surface area contributed by atoms with Crippen molar-refractivity contribution in [3.8, 4) is 0 Å². The van der Waals surface area contributed by atoms with Crippen molar-refractivity contribution in [1.82, 2.24) is 9.55 Å². The Hall–Kier alpha value is -1.84. The van der Waals surface area contributed by atoms with Gasteiger partial charge in [-0.25, -0.2) is 4.98 Å². The molecule has 4 heteroatoms. The first kappa shape index (κ1) is 11.6. The monoisotopic (exact) mass is 232 g/mol. The SMILES string of the molecule is Cc1ccc2c(c1)nc(C(C)C)n2CC(=O)O. The summed E-state index contributed by atoms with van der Waals surface area (Å²) in [6, 6.07) is 5.90. The Bertz CT molecular complexity index is 570. The predicted molar refractivity (Wildman–Crippen MR) is 66.2 cm³/mol. The lowest BCUT2D eigenvalue weighted by Gasteiger charge is -2.08.